The zero-order valence-electron chi connectivity index (χ0n) is 18.5. The van der Waals surface area contributed by atoms with Crippen molar-refractivity contribution in [2.75, 3.05) is 6.61 Å². The molecule has 0 saturated heterocycles. The van der Waals surface area contributed by atoms with E-state index in [0.29, 0.717) is 23.1 Å². The molecule has 33 heavy (non-hydrogen) atoms. The second kappa shape index (κ2) is 10.7. The first kappa shape index (κ1) is 22.4. The predicted octanol–water partition coefficient (Wildman–Crippen LogP) is 5.03. The summed E-state index contributed by atoms with van der Waals surface area (Å²) in [6, 6.07) is 27.6. The van der Waals surface area contributed by atoms with Gasteiger partial charge in [0.25, 0.3) is 0 Å². The van der Waals surface area contributed by atoms with Crippen molar-refractivity contribution in [3.8, 4) is 5.69 Å². The predicted molar refractivity (Wildman–Crippen MR) is 131 cm³/mol. The Morgan fingerprint density at radius 1 is 0.970 bits per heavy atom. The highest BCUT2D eigenvalue weighted by molar-refractivity contribution is 7.02. The fourth-order valence-corrected chi connectivity index (χ4v) is 3.97. The number of aromatic nitrogens is 2. The van der Waals surface area contributed by atoms with Gasteiger partial charge in [0.15, 0.2) is 5.84 Å². The van der Waals surface area contributed by atoms with Crippen LogP contribution in [0.5, 0.6) is 0 Å². The van der Waals surface area contributed by atoms with Gasteiger partial charge in [0, 0.05) is 22.8 Å². The monoisotopic (exact) mass is 456 g/mol. The van der Waals surface area contributed by atoms with Gasteiger partial charge in [0.2, 0.25) is 4.80 Å². The Labute approximate surface area is 196 Å². The normalized spacial score (nSPS) is 12.1. The number of nitrogens with zero attached hydrogens (tertiary/aromatic N) is 4. The van der Waals surface area contributed by atoms with E-state index in [1.807, 2.05) is 96.4 Å². The van der Waals surface area contributed by atoms with Crippen LogP contribution in [0.25, 0.3) is 5.69 Å². The minimum absolute atomic E-state index is 0.0600. The van der Waals surface area contributed by atoms with Gasteiger partial charge in [0.05, 0.1) is 12.3 Å². The van der Waals surface area contributed by atoms with E-state index in [9.17, 15) is 4.79 Å². The summed E-state index contributed by atoms with van der Waals surface area (Å²) in [5.74, 6) is 0.819. The molecule has 0 radical (unpaired) electrons. The molecular weight excluding hydrogens is 432 g/mol. The highest BCUT2D eigenvalue weighted by Gasteiger charge is 2.15. The van der Waals surface area contributed by atoms with E-state index in [-0.39, 0.29) is 12.4 Å². The molecule has 0 N–H and O–H groups in total. The van der Waals surface area contributed by atoms with Gasteiger partial charge in [-0.05, 0) is 38.1 Å². The molecule has 0 atom stereocenters. The number of benzene rings is 3. The van der Waals surface area contributed by atoms with Crippen molar-refractivity contribution in [1.82, 2.24) is 8.94 Å². The highest BCUT2D eigenvalue weighted by Crippen LogP contribution is 2.16. The van der Waals surface area contributed by atoms with Crippen molar-refractivity contribution in [1.29, 1.82) is 0 Å². The van der Waals surface area contributed by atoms with Crippen LogP contribution < -0.4 is 4.80 Å². The van der Waals surface area contributed by atoms with Crippen molar-refractivity contribution < 1.29 is 9.53 Å². The van der Waals surface area contributed by atoms with Crippen LogP contribution in [-0.2, 0) is 16.0 Å². The van der Waals surface area contributed by atoms with Crippen molar-refractivity contribution in [3.63, 3.8) is 0 Å². The number of aliphatic imine (C=N–C) groups is 1. The molecule has 0 aliphatic heterocycles. The van der Waals surface area contributed by atoms with E-state index >= 15 is 0 Å². The first-order chi connectivity index (χ1) is 16.1. The number of aryl methyl sites for hydroxylation is 1. The Kier molecular flexibility index (Phi) is 7.22. The van der Waals surface area contributed by atoms with Gasteiger partial charge < -0.3 is 4.74 Å². The zero-order valence-corrected chi connectivity index (χ0v) is 19.3. The zero-order chi connectivity index (χ0) is 23.0. The summed E-state index contributed by atoms with van der Waals surface area (Å²) in [6.45, 7) is 4.16. The minimum atomic E-state index is -0.323. The number of esters is 1. The number of rotatable bonds is 6. The third-order valence-electron chi connectivity index (χ3n) is 4.81. The van der Waals surface area contributed by atoms with E-state index in [0.717, 1.165) is 22.5 Å². The Morgan fingerprint density at radius 3 is 2.30 bits per heavy atom. The topological polar surface area (TPSA) is 68.8 Å². The lowest BCUT2D eigenvalue weighted by atomic mass is 10.1. The van der Waals surface area contributed by atoms with Crippen LogP contribution >= 0.6 is 11.5 Å². The summed E-state index contributed by atoms with van der Waals surface area (Å²) < 4.78 is 11.6. The molecule has 4 rings (SSSR count). The second-order valence-electron chi connectivity index (χ2n) is 7.28. The SMILES string of the molecule is CCOC(=O)Cc1nsc(=NC(=Nc2ccccc2)c2ccc(C)cc2)n1-c1ccccc1. The quantitative estimate of drug-likeness (QED) is 0.232. The molecule has 1 aromatic heterocycles. The van der Waals surface area contributed by atoms with Crippen LogP contribution in [-0.4, -0.2) is 27.4 Å². The Balaban J connectivity index is 1.88. The fraction of sp³-hybridized carbons (Fsp3) is 0.154. The van der Waals surface area contributed by atoms with E-state index in [1.165, 1.54) is 11.5 Å². The third kappa shape index (κ3) is 5.70. The molecule has 0 bridgehead atoms. The van der Waals surface area contributed by atoms with E-state index in [2.05, 4.69) is 4.37 Å². The second-order valence-corrected chi connectivity index (χ2v) is 8.01. The van der Waals surface area contributed by atoms with Gasteiger partial charge in [-0.15, -0.1) is 0 Å². The molecule has 0 unspecified atom stereocenters. The van der Waals surface area contributed by atoms with E-state index < -0.39 is 0 Å². The minimum Gasteiger partial charge on any atom is -0.466 e. The lowest BCUT2D eigenvalue weighted by Crippen LogP contribution is -2.20. The summed E-state index contributed by atoms with van der Waals surface area (Å²) in [5.41, 5.74) is 3.72. The largest absolute Gasteiger partial charge is 0.466 e. The van der Waals surface area contributed by atoms with Gasteiger partial charge in [-0.3, -0.25) is 9.36 Å². The van der Waals surface area contributed by atoms with Gasteiger partial charge >= 0.3 is 5.97 Å². The summed E-state index contributed by atoms with van der Waals surface area (Å²) >= 11 is 1.23. The summed E-state index contributed by atoms with van der Waals surface area (Å²) in [4.78, 5) is 22.6. The Morgan fingerprint density at radius 2 is 1.64 bits per heavy atom. The van der Waals surface area contributed by atoms with Crippen molar-refractivity contribution in [2.24, 2.45) is 9.98 Å². The molecule has 0 spiro atoms. The molecule has 0 aliphatic carbocycles. The number of amidine groups is 1. The standard InChI is InChI=1S/C26H24N4O2S/c1-3-32-24(31)18-23-29-33-26(30(23)22-12-8-5-9-13-22)28-25(20-16-14-19(2)15-17-20)27-21-10-6-4-7-11-21/h4-17H,3,18H2,1-2H3. The molecule has 3 aromatic carbocycles. The lowest BCUT2D eigenvalue weighted by Gasteiger charge is -2.08. The average molecular weight is 457 g/mol. The molecule has 166 valence electrons. The first-order valence-electron chi connectivity index (χ1n) is 10.7. The first-order valence-corrected chi connectivity index (χ1v) is 11.5. The van der Waals surface area contributed by atoms with E-state index in [4.69, 9.17) is 14.7 Å². The van der Waals surface area contributed by atoms with Gasteiger partial charge in [0.1, 0.15) is 12.2 Å². The molecule has 0 fully saturated rings. The molecule has 7 heteroatoms. The van der Waals surface area contributed by atoms with Crippen LogP contribution in [0, 0.1) is 6.92 Å². The molecular formula is C26H24N4O2S. The summed E-state index contributed by atoms with van der Waals surface area (Å²) in [7, 11) is 0. The van der Waals surface area contributed by atoms with Crippen LogP contribution in [0.3, 0.4) is 0 Å². The maximum Gasteiger partial charge on any atom is 0.313 e. The Bertz CT molecular complexity index is 1310. The van der Waals surface area contributed by atoms with Crippen molar-refractivity contribution in [2.45, 2.75) is 20.3 Å². The average Bonchev–Trinajstić information content (AvgIpc) is 3.22. The lowest BCUT2D eigenvalue weighted by molar-refractivity contribution is -0.142. The molecule has 4 aromatic rings. The van der Waals surface area contributed by atoms with Crippen LogP contribution in [0.1, 0.15) is 23.9 Å². The maximum atomic E-state index is 12.2. The number of para-hydroxylation sites is 2. The molecule has 6 nitrogen and oxygen atoms in total. The molecule has 0 saturated carbocycles. The summed E-state index contributed by atoms with van der Waals surface area (Å²) in [6.07, 6.45) is 0.0600. The fourth-order valence-electron chi connectivity index (χ4n) is 3.22. The van der Waals surface area contributed by atoms with Crippen molar-refractivity contribution >= 4 is 29.0 Å². The van der Waals surface area contributed by atoms with Gasteiger partial charge in [-0.25, -0.2) is 4.99 Å². The number of hydrogen-bond acceptors (Lipinski definition) is 5. The number of hydrogen-bond donors (Lipinski definition) is 0. The van der Waals surface area contributed by atoms with Gasteiger partial charge in [-0.2, -0.15) is 9.37 Å². The van der Waals surface area contributed by atoms with Crippen LogP contribution in [0.4, 0.5) is 5.69 Å². The molecule has 0 aliphatic rings. The molecule has 0 amide bonds. The number of ether oxygens (including phenoxy) is 1. The highest BCUT2D eigenvalue weighted by atomic mass is 32.1. The third-order valence-corrected chi connectivity index (χ3v) is 5.55. The van der Waals surface area contributed by atoms with Crippen LogP contribution in [0.2, 0.25) is 0 Å². The van der Waals surface area contributed by atoms with Crippen LogP contribution in [0.15, 0.2) is 94.9 Å². The number of carbonyl (C=O) groups excluding carboxylic acids is 1. The maximum absolute atomic E-state index is 12.2. The number of carbonyl (C=O) groups is 1. The van der Waals surface area contributed by atoms with Gasteiger partial charge in [-0.1, -0.05) is 66.2 Å². The smallest absolute Gasteiger partial charge is 0.313 e. The summed E-state index contributed by atoms with van der Waals surface area (Å²) in [5, 5.41) is 0. The van der Waals surface area contributed by atoms with E-state index in [1.54, 1.807) is 6.92 Å². The van der Waals surface area contributed by atoms with Crippen molar-refractivity contribution in [3.05, 3.63) is 107 Å². The molecule has 1 heterocycles. The Hall–Kier alpha value is -3.84.